The van der Waals surface area contributed by atoms with Gasteiger partial charge in [-0.2, -0.15) is 4.37 Å². The highest BCUT2D eigenvalue weighted by Crippen LogP contribution is 2.22. The third kappa shape index (κ3) is 3.93. The Bertz CT molecular complexity index is 823. The summed E-state index contributed by atoms with van der Waals surface area (Å²) in [5, 5.41) is 1.83. The third-order valence-electron chi connectivity index (χ3n) is 3.31. The molecule has 0 saturated heterocycles. The molecule has 114 valence electrons. The Morgan fingerprint density at radius 3 is 2.32 bits per heavy atom. The molecule has 0 saturated carbocycles. The van der Waals surface area contributed by atoms with Crippen molar-refractivity contribution in [3.63, 3.8) is 0 Å². The molecule has 2 nitrogen and oxygen atoms in total. The van der Waals surface area contributed by atoms with Gasteiger partial charge in [0, 0.05) is 10.9 Å². The van der Waals surface area contributed by atoms with Crippen molar-refractivity contribution in [1.82, 2.24) is 4.37 Å². The normalized spacial score (nSPS) is 10.2. The molecule has 0 radical (unpaired) electrons. The smallest absolute Gasteiger partial charge is 0.161 e. The summed E-state index contributed by atoms with van der Waals surface area (Å²) in [5.41, 5.74) is 4.11. The largest absolute Gasteiger partial charge is 0.294 e. The molecular weight excluding hydrogens is 314 g/mol. The van der Waals surface area contributed by atoms with E-state index in [4.69, 9.17) is 11.6 Å². The molecule has 0 aliphatic heterocycles. The molecule has 0 bridgehead atoms. The number of halogens is 1. The predicted molar refractivity (Wildman–Crippen MR) is 95.3 cm³/mol. The van der Waals surface area contributed by atoms with Crippen LogP contribution in [0.1, 0.15) is 34.1 Å². The molecule has 4 heteroatoms. The van der Waals surface area contributed by atoms with Gasteiger partial charge < -0.3 is 0 Å². The van der Waals surface area contributed by atoms with E-state index < -0.39 is 0 Å². The molecule has 0 aliphatic rings. The predicted octanol–water partition coefficient (Wildman–Crippen LogP) is 5.76. The molecule has 1 aromatic heterocycles. The summed E-state index contributed by atoms with van der Waals surface area (Å²) in [6, 6.07) is 11.9. The van der Waals surface area contributed by atoms with E-state index >= 15 is 0 Å². The van der Waals surface area contributed by atoms with Gasteiger partial charge in [-0.05, 0) is 63.5 Å². The fourth-order valence-corrected chi connectivity index (χ4v) is 3.10. The molecule has 2 aromatic carbocycles. The maximum atomic E-state index is 10.9. The Kier molecular flexibility index (Phi) is 5.33. The summed E-state index contributed by atoms with van der Waals surface area (Å²) in [4.78, 5) is 10.9. The minimum Gasteiger partial charge on any atom is -0.294 e. The van der Waals surface area contributed by atoms with Gasteiger partial charge in [0.05, 0.1) is 15.4 Å². The van der Waals surface area contributed by atoms with Gasteiger partial charge in [-0.3, -0.25) is 4.79 Å². The van der Waals surface area contributed by atoms with Crippen LogP contribution in [0.5, 0.6) is 0 Å². The Labute approximate surface area is 139 Å². The monoisotopic (exact) mass is 331 g/mol. The molecule has 0 aliphatic carbocycles. The van der Waals surface area contributed by atoms with Gasteiger partial charge in [0.2, 0.25) is 0 Å². The van der Waals surface area contributed by atoms with Crippen LogP contribution in [0.4, 0.5) is 0 Å². The lowest BCUT2D eigenvalue weighted by molar-refractivity contribution is 0.101. The van der Waals surface area contributed by atoms with Crippen LogP contribution in [0.3, 0.4) is 0 Å². The van der Waals surface area contributed by atoms with Crippen LogP contribution >= 0.6 is 23.1 Å². The molecule has 0 spiro atoms. The molecular formula is C18H18ClNOS. The molecule has 0 atom stereocenters. The molecule has 0 unspecified atom stereocenters. The van der Waals surface area contributed by atoms with E-state index in [2.05, 4.69) is 36.4 Å². The Hall–Kier alpha value is -1.71. The van der Waals surface area contributed by atoms with Crippen LogP contribution in [0.25, 0.3) is 10.1 Å². The molecule has 22 heavy (non-hydrogen) atoms. The Morgan fingerprint density at radius 1 is 1.05 bits per heavy atom. The second kappa shape index (κ2) is 7.03. The first-order chi connectivity index (χ1) is 10.4. The van der Waals surface area contributed by atoms with Crippen LogP contribution < -0.4 is 0 Å². The highest BCUT2D eigenvalue weighted by molar-refractivity contribution is 7.13. The quantitative estimate of drug-likeness (QED) is 0.530. The number of hydrogen-bond acceptors (Lipinski definition) is 3. The summed E-state index contributed by atoms with van der Waals surface area (Å²) in [6.07, 6.45) is 0. The Balaban J connectivity index is 0.000000160. The van der Waals surface area contributed by atoms with Crippen LogP contribution in [-0.4, -0.2) is 10.2 Å². The Morgan fingerprint density at radius 2 is 1.68 bits per heavy atom. The second-order valence-corrected chi connectivity index (χ2v) is 6.52. The fraction of sp³-hybridized carbons (Fsp3) is 0.222. The standard InChI is InChI=1S/C9H9ClO.C9H9NS/c1-6-3-4-9(10)8(5-6)7(2)11;1-6-3-4-9-8(5-6)7(2)10-11-9/h2*3-5H,1-2H3. The summed E-state index contributed by atoms with van der Waals surface area (Å²) in [5.74, 6) is 0.0127. The fourth-order valence-electron chi connectivity index (χ4n) is 2.08. The molecule has 0 N–H and O–H groups in total. The first-order valence-electron chi connectivity index (χ1n) is 6.98. The molecule has 0 amide bonds. The minimum atomic E-state index is 0.0127. The van der Waals surface area contributed by atoms with Crippen molar-refractivity contribution in [1.29, 1.82) is 0 Å². The SMILES string of the molecule is CC(=O)c1cc(C)ccc1Cl.Cc1ccc2snc(C)c2c1. The number of hydrogen-bond donors (Lipinski definition) is 0. The number of rotatable bonds is 1. The van der Waals surface area contributed by atoms with Crippen molar-refractivity contribution in [2.75, 3.05) is 0 Å². The lowest BCUT2D eigenvalue weighted by Crippen LogP contribution is -1.93. The number of aromatic nitrogens is 1. The number of benzene rings is 2. The van der Waals surface area contributed by atoms with E-state index in [1.165, 1.54) is 22.6 Å². The number of nitrogens with zero attached hydrogens (tertiary/aromatic N) is 1. The summed E-state index contributed by atoms with van der Waals surface area (Å²) < 4.78 is 5.56. The molecule has 3 aromatic rings. The average Bonchev–Trinajstić information content (AvgIpc) is 2.83. The van der Waals surface area contributed by atoms with Gasteiger partial charge >= 0.3 is 0 Å². The molecule has 0 fully saturated rings. The topological polar surface area (TPSA) is 30.0 Å². The van der Waals surface area contributed by atoms with E-state index in [1.54, 1.807) is 23.7 Å². The number of aryl methyl sites for hydroxylation is 3. The van der Waals surface area contributed by atoms with Gasteiger partial charge in [-0.1, -0.05) is 34.9 Å². The van der Waals surface area contributed by atoms with Crippen LogP contribution in [0, 0.1) is 20.8 Å². The average molecular weight is 332 g/mol. The maximum Gasteiger partial charge on any atom is 0.161 e. The van der Waals surface area contributed by atoms with Crippen molar-refractivity contribution in [3.05, 3.63) is 63.8 Å². The zero-order valence-electron chi connectivity index (χ0n) is 13.1. The van der Waals surface area contributed by atoms with E-state index in [-0.39, 0.29) is 5.78 Å². The van der Waals surface area contributed by atoms with Crippen molar-refractivity contribution >= 4 is 39.0 Å². The van der Waals surface area contributed by atoms with Gasteiger partial charge in [0.1, 0.15) is 0 Å². The number of ketones is 1. The van der Waals surface area contributed by atoms with Crippen LogP contribution in [0.2, 0.25) is 5.02 Å². The zero-order chi connectivity index (χ0) is 16.3. The number of Topliss-reactive ketones (excluding diaryl/α,β-unsaturated/α-hetero) is 1. The highest BCUT2D eigenvalue weighted by atomic mass is 35.5. The summed E-state index contributed by atoms with van der Waals surface area (Å²) in [6.45, 7) is 7.61. The van der Waals surface area contributed by atoms with E-state index in [0.717, 1.165) is 11.3 Å². The molecule has 3 rings (SSSR count). The lowest BCUT2D eigenvalue weighted by Gasteiger charge is -1.99. The van der Waals surface area contributed by atoms with Crippen molar-refractivity contribution in [3.8, 4) is 0 Å². The van der Waals surface area contributed by atoms with Crippen molar-refractivity contribution < 1.29 is 4.79 Å². The van der Waals surface area contributed by atoms with Gasteiger partial charge in [-0.25, -0.2) is 0 Å². The van der Waals surface area contributed by atoms with E-state index in [0.29, 0.717) is 10.6 Å². The first kappa shape index (κ1) is 16.7. The zero-order valence-corrected chi connectivity index (χ0v) is 14.7. The number of fused-ring (bicyclic) bond motifs is 1. The van der Waals surface area contributed by atoms with Crippen molar-refractivity contribution in [2.45, 2.75) is 27.7 Å². The van der Waals surface area contributed by atoms with Gasteiger partial charge in [0.25, 0.3) is 0 Å². The van der Waals surface area contributed by atoms with E-state index in [9.17, 15) is 4.79 Å². The molecule has 1 heterocycles. The van der Waals surface area contributed by atoms with Crippen LogP contribution in [-0.2, 0) is 0 Å². The highest BCUT2D eigenvalue weighted by Gasteiger charge is 2.04. The summed E-state index contributed by atoms with van der Waals surface area (Å²) in [7, 11) is 0. The van der Waals surface area contributed by atoms with E-state index in [1.807, 2.05) is 13.0 Å². The minimum absolute atomic E-state index is 0.0127. The van der Waals surface area contributed by atoms with Gasteiger partial charge in [0.15, 0.2) is 5.78 Å². The maximum absolute atomic E-state index is 10.9. The second-order valence-electron chi connectivity index (χ2n) is 5.31. The summed E-state index contributed by atoms with van der Waals surface area (Å²) >= 11 is 7.34. The first-order valence-corrected chi connectivity index (χ1v) is 8.13. The third-order valence-corrected chi connectivity index (χ3v) is 4.55. The lowest BCUT2D eigenvalue weighted by atomic mass is 10.1. The van der Waals surface area contributed by atoms with Crippen LogP contribution in [0.15, 0.2) is 36.4 Å². The van der Waals surface area contributed by atoms with Gasteiger partial charge in [-0.15, -0.1) is 0 Å². The van der Waals surface area contributed by atoms with Crippen molar-refractivity contribution in [2.24, 2.45) is 0 Å². The number of carbonyl (C=O) groups excluding carboxylic acids is 1. The number of carbonyl (C=O) groups is 1.